The van der Waals surface area contributed by atoms with Crippen molar-refractivity contribution in [3.8, 4) is 0 Å². The number of aliphatic hydroxyl groups excluding tert-OH is 1. The maximum atomic E-state index is 9.73. The number of ether oxygens (including phenoxy) is 1. The third-order valence-corrected chi connectivity index (χ3v) is 3.21. The number of aliphatic hydroxyl groups is 1. The second kappa shape index (κ2) is 11.6. The van der Waals surface area contributed by atoms with E-state index in [0.29, 0.717) is 25.2 Å². The molecule has 0 radical (unpaired) electrons. The molecule has 0 heterocycles. The van der Waals surface area contributed by atoms with E-state index < -0.39 is 6.10 Å². The molecule has 0 aliphatic heterocycles. The Morgan fingerprint density at radius 1 is 1.16 bits per heavy atom. The third kappa shape index (κ3) is 10.3. The van der Waals surface area contributed by atoms with Crippen LogP contribution in [0.15, 0.2) is 0 Å². The van der Waals surface area contributed by atoms with Gasteiger partial charge in [0.2, 0.25) is 0 Å². The summed E-state index contributed by atoms with van der Waals surface area (Å²) in [6, 6.07) is 1.12. The van der Waals surface area contributed by atoms with Gasteiger partial charge in [0.05, 0.1) is 12.7 Å². The summed E-state index contributed by atoms with van der Waals surface area (Å²) in [4.78, 5) is 2.44. The zero-order valence-corrected chi connectivity index (χ0v) is 13.5. The molecule has 0 aromatic carbocycles. The zero-order chi connectivity index (χ0) is 14.7. The van der Waals surface area contributed by atoms with E-state index >= 15 is 0 Å². The molecule has 0 bridgehead atoms. The predicted molar refractivity (Wildman–Crippen MR) is 81.6 cm³/mol. The van der Waals surface area contributed by atoms with E-state index in [2.05, 4.69) is 44.8 Å². The molecule has 2 N–H and O–H groups in total. The van der Waals surface area contributed by atoms with Crippen LogP contribution in [0, 0.1) is 0 Å². The monoisotopic (exact) mass is 274 g/mol. The first-order valence-corrected chi connectivity index (χ1v) is 7.71. The highest BCUT2D eigenvalue weighted by Gasteiger charge is 2.12. The van der Waals surface area contributed by atoms with Crippen LogP contribution in [0.1, 0.15) is 47.5 Å². The summed E-state index contributed by atoms with van der Waals surface area (Å²) in [6.07, 6.45) is 1.80. The molecule has 19 heavy (non-hydrogen) atoms. The molecule has 0 saturated carbocycles. The molecule has 0 saturated heterocycles. The Bertz CT molecular complexity index is 191. The lowest BCUT2D eigenvalue weighted by Gasteiger charge is -2.30. The van der Waals surface area contributed by atoms with Gasteiger partial charge < -0.3 is 15.2 Å². The predicted octanol–water partition coefficient (Wildman–Crippen LogP) is 1.87. The van der Waals surface area contributed by atoms with Gasteiger partial charge in [0, 0.05) is 38.3 Å². The van der Waals surface area contributed by atoms with Crippen molar-refractivity contribution in [3.05, 3.63) is 0 Å². The van der Waals surface area contributed by atoms with Crippen molar-refractivity contribution in [1.29, 1.82) is 0 Å². The fourth-order valence-corrected chi connectivity index (χ4v) is 2.11. The van der Waals surface area contributed by atoms with Crippen molar-refractivity contribution in [3.63, 3.8) is 0 Å². The lowest BCUT2D eigenvalue weighted by molar-refractivity contribution is 0.0354. The number of hydrogen-bond acceptors (Lipinski definition) is 4. The van der Waals surface area contributed by atoms with E-state index in [1.807, 2.05) is 0 Å². The van der Waals surface area contributed by atoms with Crippen molar-refractivity contribution >= 4 is 0 Å². The number of unbranched alkanes of at least 4 members (excludes halogenated alkanes) is 1. The molecule has 116 valence electrons. The first kappa shape index (κ1) is 18.8. The van der Waals surface area contributed by atoms with Gasteiger partial charge >= 0.3 is 0 Å². The molecule has 0 aliphatic rings. The van der Waals surface area contributed by atoms with E-state index in [4.69, 9.17) is 4.74 Å². The highest BCUT2D eigenvalue weighted by molar-refractivity contribution is 4.69. The van der Waals surface area contributed by atoms with Gasteiger partial charge in [-0.15, -0.1) is 0 Å². The fourth-order valence-electron chi connectivity index (χ4n) is 2.11. The molecule has 1 atom stereocenters. The molecule has 0 amide bonds. The summed E-state index contributed by atoms with van der Waals surface area (Å²) in [5, 5.41) is 13.0. The molecule has 0 spiro atoms. The molecule has 0 rings (SSSR count). The van der Waals surface area contributed by atoms with Crippen LogP contribution in [0.2, 0.25) is 0 Å². The van der Waals surface area contributed by atoms with Crippen LogP contribution in [-0.4, -0.2) is 61.0 Å². The molecular weight excluding hydrogens is 240 g/mol. The van der Waals surface area contributed by atoms with E-state index in [1.54, 1.807) is 0 Å². The Kier molecular flexibility index (Phi) is 11.6. The van der Waals surface area contributed by atoms with Crippen LogP contribution in [0.3, 0.4) is 0 Å². The Hall–Kier alpha value is -0.160. The Morgan fingerprint density at radius 2 is 1.79 bits per heavy atom. The number of nitrogens with zero attached hydrogens (tertiary/aromatic N) is 1. The van der Waals surface area contributed by atoms with Crippen LogP contribution in [0.5, 0.6) is 0 Å². The summed E-state index contributed by atoms with van der Waals surface area (Å²) >= 11 is 0. The van der Waals surface area contributed by atoms with E-state index in [1.165, 1.54) is 0 Å². The lowest BCUT2D eigenvalue weighted by atomic mass is 10.2. The molecule has 4 nitrogen and oxygen atoms in total. The van der Waals surface area contributed by atoms with Gasteiger partial charge in [0.25, 0.3) is 0 Å². The minimum atomic E-state index is -0.400. The smallest absolute Gasteiger partial charge is 0.0897 e. The maximum Gasteiger partial charge on any atom is 0.0897 e. The summed E-state index contributed by atoms with van der Waals surface area (Å²) in [7, 11) is 0. The second-order valence-electron chi connectivity index (χ2n) is 5.71. The van der Waals surface area contributed by atoms with E-state index in [-0.39, 0.29) is 0 Å². The van der Waals surface area contributed by atoms with E-state index in [9.17, 15) is 5.11 Å². The first-order chi connectivity index (χ1) is 8.99. The number of rotatable bonds is 12. The minimum absolute atomic E-state index is 0.400. The zero-order valence-electron chi connectivity index (χ0n) is 13.5. The van der Waals surface area contributed by atoms with Crippen molar-refractivity contribution in [2.24, 2.45) is 0 Å². The Balaban J connectivity index is 3.56. The lowest BCUT2D eigenvalue weighted by Crippen LogP contribution is -2.42. The van der Waals surface area contributed by atoms with Gasteiger partial charge in [0.15, 0.2) is 0 Å². The molecule has 1 unspecified atom stereocenters. The third-order valence-electron chi connectivity index (χ3n) is 3.21. The Labute approximate surface area is 119 Å². The summed E-state index contributed by atoms with van der Waals surface area (Å²) in [5.74, 6) is 0. The van der Waals surface area contributed by atoms with Crippen LogP contribution in [-0.2, 0) is 4.74 Å². The normalized spacial score (nSPS) is 13.7. The van der Waals surface area contributed by atoms with Crippen LogP contribution in [0.4, 0.5) is 0 Å². The minimum Gasteiger partial charge on any atom is -0.389 e. The summed E-state index contributed by atoms with van der Waals surface area (Å²) < 4.78 is 5.39. The average molecular weight is 274 g/mol. The van der Waals surface area contributed by atoms with Gasteiger partial charge in [-0.2, -0.15) is 0 Å². The number of hydrogen-bond donors (Lipinski definition) is 2. The molecule has 0 aliphatic carbocycles. The van der Waals surface area contributed by atoms with E-state index in [0.717, 1.165) is 32.5 Å². The molecule has 4 heteroatoms. The van der Waals surface area contributed by atoms with Gasteiger partial charge in [-0.05, 0) is 34.1 Å². The quantitative estimate of drug-likeness (QED) is 0.533. The molecule has 0 aromatic heterocycles. The number of nitrogens with one attached hydrogen (secondary N) is 1. The maximum absolute atomic E-state index is 9.73. The van der Waals surface area contributed by atoms with Crippen molar-refractivity contribution in [2.75, 3.05) is 32.8 Å². The largest absolute Gasteiger partial charge is 0.389 e. The molecule has 0 aromatic rings. The summed E-state index contributed by atoms with van der Waals surface area (Å²) in [5.41, 5.74) is 0. The highest BCUT2D eigenvalue weighted by Crippen LogP contribution is 2.03. The first-order valence-electron chi connectivity index (χ1n) is 7.71. The Morgan fingerprint density at radius 3 is 2.32 bits per heavy atom. The average Bonchev–Trinajstić information content (AvgIpc) is 2.33. The van der Waals surface area contributed by atoms with Crippen LogP contribution < -0.4 is 5.32 Å². The van der Waals surface area contributed by atoms with Crippen molar-refractivity contribution in [1.82, 2.24) is 10.2 Å². The molecular formula is C15H34N2O2. The van der Waals surface area contributed by atoms with Crippen LogP contribution in [0.25, 0.3) is 0 Å². The van der Waals surface area contributed by atoms with Gasteiger partial charge in [-0.1, -0.05) is 13.3 Å². The molecule has 0 fully saturated rings. The second-order valence-corrected chi connectivity index (χ2v) is 5.71. The van der Waals surface area contributed by atoms with Crippen molar-refractivity contribution in [2.45, 2.75) is 65.6 Å². The highest BCUT2D eigenvalue weighted by atomic mass is 16.5. The van der Waals surface area contributed by atoms with Gasteiger partial charge in [-0.25, -0.2) is 0 Å². The summed E-state index contributed by atoms with van der Waals surface area (Å²) in [6.45, 7) is 14.7. The SMILES string of the molecule is CCCCOCC(O)CNCCN(C(C)C)C(C)C. The van der Waals surface area contributed by atoms with Gasteiger partial charge in [-0.3, -0.25) is 4.90 Å². The van der Waals surface area contributed by atoms with Crippen molar-refractivity contribution < 1.29 is 9.84 Å². The van der Waals surface area contributed by atoms with Crippen LogP contribution >= 0.6 is 0 Å². The van der Waals surface area contributed by atoms with Gasteiger partial charge in [0.1, 0.15) is 0 Å². The topological polar surface area (TPSA) is 44.7 Å². The fraction of sp³-hybridized carbons (Fsp3) is 1.00. The standard InChI is InChI=1S/C15H34N2O2/c1-6-7-10-19-12-15(18)11-16-8-9-17(13(2)3)14(4)5/h13-16,18H,6-12H2,1-5H3.